The highest BCUT2D eigenvalue weighted by atomic mass is 35.5. The second-order valence-electron chi connectivity index (χ2n) is 6.08. The summed E-state index contributed by atoms with van der Waals surface area (Å²) in [6, 6.07) is 13.3. The molecule has 7 nitrogen and oxygen atoms in total. The Balaban J connectivity index is 1.69. The van der Waals surface area contributed by atoms with Gasteiger partial charge < -0.3 is 10.1 Å². The van der Waals surface area contributed by atoms with Crippen molar-refractivity contribution in [2.45, 2.75) is 11.7 Å². The van der Waals surface area contributed by atoms with Crippen molar-refractivity contribution in [3.63, 3.8) is 0 Å². The summed E-state index contributed by atoms with van der Waals surface area (Å²) in [4.78, 5) is 42.0. The van der Waals surface area contributed by atoms with Crippen LogP contribution in [0.15, 0.2) is 53.5 Å². The van der Waals surface area contributed by atoms with E-state index in [4.69, 9.17) is 11.6 Å². The number of nitrogens with zero attached hydrogens (tertiary/aromatic N) is 2. The second-order valence-corrected chi connectivity index (χ2v) is 7.71. The van der Waals surface area contributed by atoms with Crippen molar-refractivity contribution in [3.8, 4) is 0 Å². The van der Waals surface area contributed by atoms with Crippen molar-refractivity contribution in [3.05, 3.63) is 59.1 Å². The smallest absolute Gasteiger partial charge is 0.337 e. The average molecular weight is 432 g/mol. The minimum absolute atomic E-state index is 0.0675. The second kappa shape index (κ2) is 9.11. The number of ether oxygens (including phenoxy) is 1. The first kappa shape index (κ1) is 20.9. The van der Waals surface area contributed by atoms with E-state index in [1.807, 2.05) is 0 Å². The Morgan fingerprint density at radius 1 is 1.24 bits per heavy atom. The molecule has 0 aliphatic carbocycles. The number of amides is 2. The summed E-state index contributed by atoms with van der Waals surface area (Å²) < 4.78 is 4.67. The minimum atomic E-state index is -0.595. The van der Waals surface area contributed by atoms with Gasteiger partial charge in [0.15, 0.2) is 5.17 Å². The Labute approximate surface area is 177 Å². The molecule has 0 aromatic heterocycles. The molecule has 3 rings (SSSR count). The Bertz CT molecular complexity index is 978. The highest BCUT2D eigenvalue weighted by Gasteiger charge is 2.40. The van der Waals surface area contributed by atoms with Gasteiger partial charge in [-0.2, -0.15) is 0 Å². The molecule has 2 aromatic rings. The van der Waals surface area contributed by atoms with Gasteiger partial charge in [-0.15, -0.1) is 0 Å². The molecule has 29 heavy (non-hydrogen) atoms. The molecule has 0 saturated carbocycles. The number of hydrogen-bond donors (Lipinski definition) is 1. The fourth-order valence-corrected chi connectivity index (χ4v) is 3.95. The predicted molar refractivity (Wildman–Crippen MR) is 115 cm³/mol. The van der Waals surface area contributed by atoms with E-state index in [0.717, 1.165) is 4.90 Å². The van der Waals surface area contributed by atoms with E-state index in [2.05, 4.69) is 15.0 Å². The molecule has 1 N–H and O–H groups in total. The standard InChI is InChI=1S/C20H18ClN3O4S/c1-22-20(23-14-8-6-12(7-9-14)19(27)28-2)29-16-11-17(25)24(18(16)26)15-5-3-4-13(21)10-15/h3-10,16H,11H2,1-2H3,(H,22,23). The van der Waals surface area contributed by atoms with Crippen LogP contribution in [0.25, 0.3) is 0 Å². The number of imide groups is 1. The number of rotatable bonds is 4. The molecule has 0 spiro atoms. The van der Waals surface area contributed by atoms with Crippen LogP contribution < -0.4 is 10.2 Å². The Morgan fingerprint density at radius 3 is 2.59 bits per heavy atom. The summed E-state index contributed by atoms with van der Waals surface area (Å²) >= 11 is 7.16. The highest BCUT2D eigenvalue weighted by molar-refractivity contribution is 8.15. The van der Waals surface area contributed by atoms with Gasteiger partial charge in [-0.05, 0) is 42.5 Å². The van der Waals surface area contributed by atoms with Crippen molar-refractivity contribution in [2.24, 2.45) is 4.99 Å². The van der Waals surface area contributed by atoms with Crippen LogP contribution in [0.2, 0.25) is 5.02 Å². The number of aliphatic imine (C=N–C) groups is 1. The number of nitrogens with one attached hydrogen (secondary N) is 1. The first-order chi connectivity index (χ1) is 13.9. The maximum Gasteiger partial charge on any atom is 0.337 e. The van der Waals surface area contributed by atoms with E-state index in [9.17, 15) is 14.4 Å². The number of methoxy groups -OCH3 is 1. The van der Waals surface area contributed by atoms with Crippen molar-refractivity contribution >= 4 is 57.7 Å². The summed E-state index contributed by atoms with van der Waals surface area (Å²) in [6.45, 7) is 0. The number of hydrogen-bond acceptors (Lipinski definition) is 6. The van der Waals surface area contributed by atoms with Crippen molar-refractivity contribution < 1.29 is 19.1 Å². The molecular formula is C20H18ClN3O4S. The molecule has 1 unspecified atom stereocenters. The summed E-state index contributed by atoms with van der Waals surface area (Å²) in [5.41, 5.74) is 1.57. The van der Waals surface area contributed by atoms with Crippen LogP contribution in [-0.4, -0.2) is 42.4 Å². The van der Waals surface area contributed by atoms with E-state index in [1.54, 1.807) is 55.6 Å². The third-order valence-corrected chi connectivity index (χ3v) is 5.58. The van der Waals surface area contributed by atoms with E-state index in [1.165, 1.54) is 18.9 Å². The summed E-state index contributed by atoms with van der Waals surface area (Å²) in [6.07, 6.45) is 0.0675. The molecular weight excluding hydrogens is 414 g/mol. The Kier molecular flexibility index (Phi) is 6.56. The quantitative estimate of drug-likeness (QED) is 0.344. The first-order valence-electron chi connectivity index (χ1n) is 8.64. The lowest BCUT2D eigenvalue weighted by Gasteiger charge is -2.16. The number of amidine groups is 1. The maximum absolute atomic E-state index is 12.8. The van der Waals surface area contributed by atoms with Gasteiger partial charge in [0.25, 0.3) is 0 Å². The van der Waals surface area contributed by atoms with E-state index < -0.39 is 11.2 Å². The minimum Gasteiger partial charge on any atom is -0.465 e. The van der Waals surface area contributed by atoms with Crippen molar-refractivity contribution in [1.29, 1.82) is 0 Å². The number of carbonyl (C=O) groups is 3. The van der Waals surface area contributed by atoms with E-state index >= 15 is 0 Å². The molecule has 2 aromatic carbocycles. The third-order valence-electron chi connectivity index (χ3n) is 4.19. The zero-order valence-electron chi connectivity index (χ0n) is 15.7. The number of carbonyl (C=O) groups excluding carboxylic acids is 3. The molecule has 1 fully saturated rings. The van der Waals surface area contributed by atoms with Gasteiger partial charge >= 0.3 is 5.97 Å². The number of benzene rings is 2. The normalized spacial score (nSPS) is 16.9. The lowest BCUT2D eigenvalue weighted by Crippen LogP contribution is -2.31. The highest BCUT2D eigenvalue weighted by Crippen LogP contribution is 2.31. The summed E-state index contributed by atoms with van der Waals surface area (Å²) in [5.74, 6) is -1.02. The lowest BCUT2D eigenvalue weighted by molar-refractivity contribution is -0.121. The lowest BCUT2D eigenvalue weighted by atomic mass is 10.2. The molecule has 150 valence electrons. The molecule has 2 amide bonds. The van der Waals surface area contributed by atoms with Gasteiger partial charge in [-0.1, -0.05) is 29.4 Å². The molecule has 1 aliphatic heterocycles. The zero-order chi connectivity index (χ0) is 21.0. The van der Waals surface area contributed by atoms with Crippen LogP contribution in [0.4, 0.5) is 11.4 Å². The van der Waals surface area contributed by atoms with Crippen LogP contribution in [0.5, 0.6) is 0 Å². The van der Waals surface area contributed by atoms with E-state index in [0.29, 0.717) is 27.1 Å². The zero-order valence-corrected chi connectivity index (χ0v) is 17.3. The molecule has 9 heteroatoms. The van der Waals surface area contributed by atoms with Gasteiger partial charge in [0.2, 0.25) is 11.8 Å². The summed E-state index contributed by atoms with van der Waals surface area (Å²) in [7, 11) is 2.91. The number of anilines is 2. The maximum atomic E-state index is 12.8. The molecule has 0 radical (unpaired) electrons. The SMILES string of the molecule is CN=C(Nc1ccc(C(=O)OC)cc1)SC1CC(=O)N(c2cccc(Cl)c2)C1=O. The third kappa shape index (κ3) is 4.78. The van der Waals surface area contributed by atoms with Gasteiger partial charge in [-0.3, -0.25) is 14.6 Å². The molecule has 0 bridgehead atoms. The number of esters is 1. The van der Waals surface area contributed by atoms with E-state index in [-0.39, 0.29) is 18.2 Å². The van der Waals surface area contributed by atoms with Crippen LogP contribution in [0, 0.1) is 0 Å². The van der Waals surface area contributed by atoms with Crippen LogP contribution in [-0.2, 0) is 14.3 Å². The Morgan fingerprint density at radius 2 is 1.97 bits per heavy atom. The first-order valence-corrected chi connectivity index (χ1v) is 9.90. The Hall–Kier alpha value is -2.84. The summed E-state index contributed by atoms with van der Waals surface area (Å²) in [5, 5.41) is 3.43. The monoisotopic (exact) mass is 431 g/mol. The molecule has 1 atom stereocenters. The number of thioether (sulfide) groups is 1. The van der Waals surface area contributed by atoms with Crippen LogP contribution >= 0.6 is 23.4 Å². The van der Waals surface area contributed by atoms with Crippen LogP contribution in [0.1, 0.15) is 16.8 Å². The molecule has 1 aliphatic rings. The number of halogens is 1. The van der Waals surface area contributed by atoms with Crippen molar-refractivity contribution in [1.82, 2.24) is 0 Å². The van der Waals surface area contributed by atoms with Gasteiger partial charge in [0, 0.05) is 24.2 Å². The topological polar surface area (TPSA) is 88.1 Å². The van der Waals surface area contributed by atoms with Gasteiger partial charge in [-0.25, -0.2) is 9.69 Å². The van der Waals surface area contributed by atoms with Gasteiger partial charge in [0.1, 0.15) is 5.25 Å². The average Bonchev–Trinajstić information content (AvgIpc) is 3.00. The fraction of sp³-hybridized carbons (Fsp3) is 0.200. The van der Waals surface area contributed by atoms with Gasteiger partial charge in [0.05, 0.1) is 18.4 Å². The largest absolute Gasteiger partial charge is 0.465 e. The van der Waals surface area contributed by atoms with Crippen molar-refractivity contribution in [2.75, 3.05) is 24.4 Å². The fourth-order valence-electron chi connectivity index (χ4n) is 2.79. The van der Waals surface area contributed by atoms with Crippen LogP contribution in [0.3, 0.4) is 0 Å². The molecule has 1 saturated heterocycles. The predicted octanol–water partition coefficient (Wildman–Crippen LogP) is 3.59. The molecule has 1 heterocycles.